The van der Waals surface area contributed by atoms with Crippen LogP contribution in [0.2, 0.25) is 0 Å². The van der Waals surface area contributed by atoms with Gasteiger partial charge in [0.1, 0.15) is 0 Å². The molecule has 3 heteroatoms. The quantitative estimate of drug-likeness (QED) is 0.415. The van der Waals surface area contributed by atoms with Crippen LogP contribution in [0.5, 0.6) is 0 Å². The minimum absolute atomic E-state index is 0.403. The van der Waals surface area contributed by atoms with Gasteiger partial charge in [0.25, 0.3) is 0 Å². The Balaban J connectivity index is 0.00000101. The third-order valence-electron chi connectivity index (χ3n) is 5.98. The molecule has 2 aromatic carbocycles. The van der Waals surface area contributed by atoms with E-state index in [4.69, 9.17) is 16.9 Å². The molecule has 0 unspecified atom stereocenters. The molecule has 1 aliphatic carbocycles. The fourth-order valence-corrected chi connectivity index (χ4v) is 4.42. The number of benzene rings is 2. The average Bonchev–Trinajstić information content (AvgIpc) is 2.75. The molecule has 0 aliphatic heterocycles. The van der Waals surface area contributed by atoms with Crippen LogP contribution in [0.1, 0.15) is 75.5 Å². The van der Waals surface area contributed by atoms with Crippen LogP contribution in [-0.2, 0) is 13.0 Å². The first-order chi connectivity index (χ1) is 14.5. The number of hydrogen-bond acceptors (Lipinski definition) is 2. The first-order valence-corrected chi connectivity index (χ1v) is 11.8. The molecule has 2 nitrogen and oxygen atoms in total. The molecule has 1 saturated carbocycles. The van der Waals surface area contributed by atoms with Crippen LogP contribution in [0, 0.1) is 11.3 Å². The molecule has 1 fully saturated rings. The van der Waals surface area contributed by atoms with Crippen LogP contribution >= 0.6 is 11.6 Å². The Kier molecular flexibility index (Phi) is 11.0. The second-order valence-electron chi connectivity index (χ2n) is 8.57. The maximum absolute atomic E-state index is 7.32. The largest absolute Gasteiger partial charge is 0.297 e. The highest BCUT2D eigenvalue weighted by Gasteiger charge is 2.20. The number of hydrogen-bond donors (Lipinski definition) is 0. The van der Waals surface area contributed by atoms with Gasteiger partial charge in [-0.15, -0.1) is 11.6 Å². The van der Waals surface area contributed by atoms with Gasteiger partial charge in [0.15, 0.2) is 0 Å². The normalized spacial score (nSPS) is 18.6. The van der Waals surface area contributed by atoms with Gasteiger partial charge in [-0.25, -0.2) is 0 Å². The lowest BCUT2D eigenvalue weighted by Crippen LogP contribution is -2.31. The van der Waals surface area contributed by atoms with E-state index in [-0.39, 0.29) is 0 Å². The lowest BCUT2D eigenvalue weighted by molar-refractivity contribution is 0.210. The van der Waals surface area contributed by atoms with Gasteiger partial charge in [-0.1, -0.05) is 54.6 Å². The smallest absolute Gasteiger partial charge is 0.0587 e. The summed E-state index contributed by atoms with van der Waals surface area (Å²) in [4.78, 5) is 2.58. The van der Waals surface area contributed by atoms with Crippen LogP contribution in [0.3, 0.4) is 0 Å². The van der Waals surface area contributed by atoms with Gasteiger partial charge in [-0.05, 0) is 81.5 Å². The first-order valence-electron chi connectivity index (χ1n) is 11.3. The SMILES string of the molecule is CC#N.CC(C)N(CCCc1ccc(C2CCC(Cl)CC2)cc1)Cc1ccccc1. The van der Waals surface area contributed by atoms with E-state index in [9.17, 15) is 0 Å². The van der Waals surface area contributed by atoms with E-state index in [0.717, 1.165) is 25.4 Å². The van der Waals surface area contributed by atoms with Crippen molar-refractivity contribution in [2.45, 2.75) is 83.2 Å². The molecule has 0 spiro atoms. The molecule has 0 aromatic heterocycles. The van der Waals surface area contributed by atoms with Gasteiger partial charge in [0.2, 0.25) is 0 Å². The maximum atomic E-state index is 7.32. The molecule has 0 bridgehead atoms. The van der Waals surface area contributed by atoms with Crippen molar-refractivity contribution < 1.29 is 0 Å². The van der Waals surface area contributed by atoms with E-state index in [2.05, 4.69) is 73.3 Å². The number of alkyl halides is 1. The van der Waals surface area contributed by atoms with Crippen molar-refractivity contribution in [1.29, 1.82) is 5.26 Å². The van der Waals surface area contributed by atoms with Crippen molar-refractivity contribution in [2.24, 2.45) is 0 Å². The van der Waals surface area contributed by atoms with Crippen LogP contribution in [0.4, 0.5) is 0 Å². The summed E-state index contributed by atoms with van der Waals surface area (Å²) in [6, 6.07) is 22.6. The molecule has 30 heavy (non-hydrogen) atoms. The summed E-state index contributed by atoms with van der Waals surface area (Å²) in [6.07, 6.45) is 7.20. The summed E-state index contributed by atoms with van der Waals surface area (Å²) in [7, 11) is 0. The molecule has 0 saturated heterocycles. The minimum Gasteiger partial charge on any atom is -0.297 e. The number of aryl methyl sites for hydroxylation is 1. The predicted octanol–water partition coefficient (Wildman–Crippen LogP) is 7.32. The van der Waals surface area contributed by atoms with Gasteiger partial charge in [0, 0.05) is 24.9 Å². The Bertz CT molecular complexity index is 741. The molecule has 2 aromatic rings. The second kappa shape index (κ2) is 13.5. The van der Waals surface area contributed by atoms with Gasteiger partial charge in [-0.3, -0.25) is 4.90 Å². The third-order valence-corrected chi connectivity index (χ3v) is 6.41. The van der Waals surface area contributed by atoms with Crippen LogP contribution in [0.25, 0.3) is 0 Å². The first kappa shape index (κ1) is 24.4. The summed E-state index contributed by atoms with van der Waals surface area (Å²) in [5.74, 6) is 0.719. The van der Waals surface area contributed by atoms with Gasteiger partial charge < -0.3 is 0 Å². The maximum Gasteiger partial charge on any atom is 0.0587 e. The van der Waals surface area contributed by atoms with E-state index < -0.39 is 0 Å². The molecule has 0 amide bonds. The Morgan fingerprint density at radius 1 is 0.967 bits per heavy atom. The minimum atomic E-state index is 0.403. The van der Waals surface area contributed by atoms with E-state index in [1.54, 1.807) is 6.07 Å². The van der Waals surface area contributed by atoms with E-state index in [1.807, 2.05) is 0 Å². The highest BCUT2D eigenvalue weighted by molar-refractivity contribution is 6.20. The van der Waals surface area contributed by atoms with E-state index in [0.29, 0.717) is 11.4 Å². The molecule has 1 aliphatic rings. The predicted molar refractivity (Wildman–Crippen MR) is 129 cm³/mol. The van der Waals surface area contributed by atoms with Crippen LogP contribution in [-0.4, -0.2) is 22.9 Å². The second-order valence-corrected chi connectivity index (χ2v) is 9.18. The number of nitriles is 1. The van der Waals surface area contributed by atoms with Crippen molar-refractivity contribution in [3.05, 3.63) is 71.3 Å². The fraction of sp³-hybridized carbons (Fsp3) is 0.519. The molecule has 3 rings (SSSR count). The van der Waals surface area contributed by atoms with Crippen molar-refractivity contribution in [1.82, 2.24) is 4.90 Å². The number of halogens is 1. The van der Waals surface area contributed by atoms with Gasteiger partial charge >= 0.3 is 0 Å². The Morgan fingerprint density at radius 2 is 1.57 bits per heavy atom. The average molecular weight is 425 g/mol. The molecule has 162 valence electrons. The zero-order valence-corrected chi connectivity index (χ0v) is 19.6. The van der Waals surface area contributed by atoms with Crippen molar-refractivity contribution in [3.63, 3.8) is 0 Å². The third kappa shape index (κ3) is 8.50. The summed E-state index contributed by atoms with van der Waals surface area (Å²) >= 11 is 6.25. The molecular formula is C27H37ClN2. The van der Waals surface area contributed by atoms with E-state index in [1.165, 1.54) is 55.7 Å². The zero-order chi connectivity index (χ0) is 21.8. The Labute approximate surface area is 188 Å². The fourth-order valence-electron chi connectivity index (χ4n) is 4.17. The molecule has 0 N–H and O–H groups in total. The summed E-state index contributed by atoms with van der Waals surface area (Å²) < 4.78 is 0. The Hall–Kier alpha value is -1.82. The van der Waals surface area contributed by atoms with Crippen molar-refractivity contribution in [3.8, 4) is 6.07 Å². The molecule has 0 atom stereocenters. The molecule has 0 radical (unpaired) electrons. The topological polar surface area (TPSA) is 27.0 Å². The standard InChI is InChI=1S/C25H34ClN.C2H3N/c1-20(2)27(19-22-7-4-3-5-8-22)18-6-9-21-10-12-23(13-11-21)24-14-16-25(26)17-15-24;1-2-3/h3-5,7-8,10-13,20,24-25H,6,9,14-19H2,1-2H3;1H3. The zero-order valence-electron chi connectivity index (χ0n) is 18.9. The van der Waals surface area contributed by atoms with Crippen molar-refractivity contribution in [2.75, 3.05) is 6.54 Å². The van der Waals surface area contributed by atoms with Gasteiger partial charge in [-0.2, -0.15) is 5.26 Å². The lowest BCUT2D eigenvalue weighted by atomic mass is 9.83. The summed E-state index contributed by atoms with van der Waals surface area (Å²) in [5.41, 5.74) is 4.38. The lowest BCUT2D eigenvalue weighted by Gasteiger charge is -2.27. The summed E-state index contributed by atoms with van der Waals surface area (Å²) in [5, 5.41) is 7.72. The number of nitrogens with zero attached hydrogens (tertiary/aromatic N) is 2. The molecule has 0 heterocycles. The Morgan fingerprint density at radius 3 is 2.13 bits per heavy atom. The molecular weight excluding hydrogens is 388 g/mol. The van der Waals surface area contributed by atoms with Crippen molar-refractivity contribution >= 4 is 11.6 Å². The van der Waals surface area contributed by atoms with Gasteiger partial charge in [0.05, 0.1) is 6.07 Å². The highest BCUT2D eigenvalue weighted by atomic mass is 35.5. The van der Waals surface area contributed by atoms with Crippen LogP contribution in [0.15, 0.2) is 54.6 Å². The van der Waals surface area contributed by atoms with E-state index >= 15 is 0 Å². The monoisotopic (exact) mass is 424 g/mol. The highest BCUT2D eigenvalue weighted by Crippen LogP contribution is 2.34. The number of rotatable bonds is 8. The summed E-state index contributed by atoms with van der Waals surface area (Å²) in [6.45, 7) is 8.22. The van der Waals surface area contributed by atoms with Crippen LogP contribution < -0.4 is 0 Å².